The molecule has 2 atom stereocenters. The topological polar surface area (TPSA) is 107 Å². The maximum atomic E-state index is 15.8. The summed E-state index contributed by atoms with van der Waals surface area (Å²) in [6.45, 7) is 3.04. The molecule has 0 radical (unpaired) electrons. The van der Waals surface area contributed by atoms with Gasteiger partial charge in [0.15, 0.2) is 0 Å². The van der Waals surface area contributed by atoms with Crippen molar-refractivity contribution in [3.63, 3.8) is 0 Å². The predicted octanol–water partition coefficient (Wildman–Crippen LogP) is 6.25. The lowest BCUT2D eigenvalue weighted by atomic mass is 9.91. The number of carbonyl (C=O) groups is 2. The van der Waals surface area contributed by atoms with Crippen LogP contribution in [0, 0.1) is 25.5 Å². The van der Waals surface area contributed by atoms with Crippen LogP contribution in [0.4, 0.5) is 22.0 Å². The number of aryl methyl sites for hydroxylation is 2. The van der Waals surface area contributed by atoms with Crippen LogP contribution in [-0.2, 0) is 22.4 Å². The third-order valence-corrected chi connectivity index (χ3v) is 7.70. The van der Waals surface area contributed by atoms with E-state index < -0.39 is 64.9 Å². The molecule has 1 aliphatic rings. The van der Waals surface area contributed by atoms with Gasteiger partial charge in [0.2, 0.25) is 5.91 Å². The molecule has 0 fully saturated rings. The molecule has 46 heavy (non-hydrogen) atoms. The lowest BCUT2D eigenvalue weighted by Gasteiger charge is -2.26. The summed E-state index contributed by atoms with van der Waals surface area (Å²) < 4.78 is 83.5. The van der Waals surface area contributed by atoms with Crippen LogP contribution in [0.2, 0.25) is 0 Å². The third-order valence-electron chi connectivity index (χ3n) is 7.70. The Labute approximate surface area is 259 Å². The van der Waals surface area contributed by atoms with E-state index in [-0.39, 0.29) is 23.8 Å². The standard InChI is InChI=1S/C33H27F5N2O6/c1-16-9-21(45-3)13-26-29(16)19-8-17(2)30(35)23(11-19)25(14-28(42)43)39-32(44)31(22-10-18(15-46-26)4-5-24(22)34)40-7-6-20(12-27(40)41)33(36,37)38/h4-13,25,31H,14-15H2,1-3H3,(H,39,44)(H,42,43)/t25-,31+/m0/s1. The van der Waals surface area contributed by atoms with E-state index in [1.54, 1.807) is 19.1 Å². The molecule has 4 aromatic rings. The first-order chi connectivity index (χ1) is 21.7. The molecular formula is C33H27F5N2O6. The van der Waals surface area contributed by atoms with Gasteiger partial charge in [-0.05, 0) is 72.5 Å². The number of methoxy groups -OCH3 is 1. The van der Waals surface area contributed by atoms with E-state index in [4.69, 9.17) is 9.47 Å². The maximum Gasteiger partial charge on any atom is 0.416 e. The first-order valence-corrected chi connectivity index (χ1v) is 13.9. The average molecular weight is 643 g/mol. The van der Waals surface area contributed by atoms with Crippen LogP contribution < -0.4 is 20.3 Å². The molecule has 3 aromatic carbocycles. The van der Waals surface area contributed by atoms with E-state index in [1.165, 1.54) is 38.3 Å². The van der Waals surface area contributed by atoms with Crippen molar-refractivity contribution in [2.45, 2.75) is 45.1 Å². The minimum Gasteiger partial charge on any atom is -0.497 e. The largest absolute Gasteiger partial charge is 0.497 e. The maximum absolute atomic E-state index is 15.8. The van der Waals surface area contributed by atoms with Gasteiger partial charge in [0.25, 0.3) is 5.56 Å². The SMILES string of the molecule is COc1cc(C)c2c(c1)OCc1ccc(F)c(c1)[C@@H](n1ccc(C(F)(F)F)cc1=O)C(=O)N[C@@H](CC(=O)O)c1cc-2cc(C)c1F. The predicted molar refractivity (Wildman–Crippen MR) is 156 cm³/mol. The van der Waals surface area contributed by atoms with Crippen molar-refractivity contribution in [2.24, 2.45) is 0 Å². The minimum absolute atomic E-state index is 0.108. The van der Waals surface area contributed by atoms with Gasteiger partial charge in [-0.1, -0.05) is 6.07 Å². The molecule has 0 saturated carbocycles. The number of aromatic nitrogens is 1. The number of carboxylic acid groups (broad SMARTS) is 1. The van der Waals surface area contributed by atoms with E-state index >= 15 is 8.78 Å². The number of fused-ring (bicyclic) bond motifs is 6. The van der Waals surface area contributed by atoms with Crippen LogP contribution in [0.1, 0.15) is 51.9 Å². The number of ether oxygens (including phenoxy) is 2. The van der Waals surface area contributed by atoms with E-state index in [1.807, 2.05) is 0 Å². The Bertz CT molecular complexity index is 1920. The Morgan fingerprint density at radius 2 is 1.76 bits per heavy atom. The molecule has 0 saturated heterocycles. The molecule has 2 heterocycles. The second-order valence-corrected chi connectivity index (χ2v) is 10.9. The first kappa shape index (κ1) is 32.2. The molecule has 1 aromatic heterocycles. The Kier molecular flexibility index (Phi) is 8.61. The van der Waals surface area contributed by atoms with Gasteiger partial charge >= 0.3 is 12.1 Å². The van der Waals surface area contributed by atoms with Crippen molar-refractivity contribution < 1.29 is 46.1 Å². The lowest BCUT2D eigenvalue weighted by Crippen LogP contribution is -2.41. The normalized spacial score (nSPS) is 16.5. The number of hydrogen-bond acceptors (Lipinski definition) is 5. The Morgan fingerprint density at radius 3 is 2.41 bits per heavy atom. The van der Waals surface area contributed by atoms with Gasteiger partial charge in [-0.2, -0.15) is 13.2 Å². The van der Waals surface area contributed by atoms with Crippen LogP contribution >= 0.6 is 0 Å². The molecular weight excluding hydrogens is 615 g/mol. The van der Waals surface area contributed by atoms with Gasteiger partial charge in [0, 0.05) is 35.0 Å². The van der Waals surface area contributed by atoms with E-state index in [2.05, 4.69) is 5.32 Å². The van der Waals surface area contributed by atoms with Gasteiger partial charge in [0.1, 0.15) is 35.8 Å². The van der Waals surface area contributed by atoms with Gasteiger partial charge in [-0.3, -0.25) is 19.0 Å². The number of nitrogens with zero attached hydrogens (tertiary/aromatic N) is 1. The average Bonchev–Trinajstić information content (AvgIpc) is 2.97. The zero-order valence-electron chi connectivity index (χ0n) is 24.7. The van der Waals surface area contributed by atoms with Crippen molar-refractivity contribution in [1.29, 1.82) is 0 Å². The summed E-state index contributed by atoms with van der Waals surface area (Å²) in [5, 5.41) is 12.2. The smallest absolute Gasteiger partial charge is 0.416 e. The van der Waals surface area contributed by atoms with Gasteiger partial charge in [-0.15, -0.1) is 0 Å². The van der Waals surface area contributed by atoms with Gasteiger partial charge in [0.05, 0.1) is 25.1 Å². The third kappa shape index (κ3) is 6.30. The van der Waals surface area contributed by atoms with Gasteiger partial charge in [-0.25, -0.2) is 8.78 Å². The molecule has 5 rings (SSSR count). The second kappa shape index (κ2) is 12.3. The van der Waals surface area contributed by atoms with Crippen molar-refractivity contribution in [3.8, 4) is 22.6 Å². The zero-order valence-corrected chi connectivity index (χ0v) is 24.7. The number of halogens is 5. The summed E-state index contributed by atoms with van der Waals surface area (Å²) >= 11 is 0. The Balaban J connectivity index is 1.79. The van der Waals surface area contributed by atoms with Crippen molar-refractivity contribution in [2.75, 3.05) is 7.11 Å². The highest BCUT2D eigenvalue weighted by atomic mass is 19.4. The van der Waals surface area contributed by atoms with Crippen LogP contribution in [0.3, 0.4) is 0 Å². The monoisotopic (exact) mass is 642 g/mol. The van der Waals surface area contributed by atoms with E-state index in [0.717, 1.165) is 6.07 Å². The quantitative estimate of drug-likeness (QED) is 0.255. The molecule has 240 valence electrons. The number of carbonyl (C=O) groups excluding carboxylic acids is 1. The highest BCUT2D eigenvalue weighted by Gasteiger charge is 2.35. The molecule has 4 bridgehead atoms. The van der Waals surface area contributed by atoms with Crippen molar-refractivity contribution >= 4 is 11.9 Å². The lowest BCUT2D eigenvalue weighted by molar-refractivity contribution is -0.138. The fourth-order valence-electron chi connectivity index (χ4n) is 5.53. The number of benzene rings is 3. The van der Waals surface area contributed by atoms with Crippen LogP contribution in [0.15, 0.2) is 65.6 Å². The number of rotatable bonds is 4. The van der Waals surface area contributed by atoms with E-state index in [0.29, 0.717) is 50.6 Å². The second-order valence-electron chi connectivity index (χ2n) is 10.9. The number of hydrogen-bond donors (Lipinski definition) is 2. The number of carboxylic acids is 1. The summed E-state index contributed by atoms with van der Waals surface area (Å²) in [6, 6.07) is 7.16. The van der Waals surface area contributed by atoms with Crippen LogP contribution in [-0.4, -0.2) is 28.7 Å². The number of nitrogens with one attached hydrogen (secondary N) is 1. The summed E-state index contributed by atoms with van der Waals surface area (Å²) in [7, 11) is 1.46. The number of aliphatic carboxylic acids is 1. The Hall–Kier alpha value is -5.20. The van der Waals surface area contributed by atoms with Gasteiger partial charge < -0.3 is 19.9 Å². The highest BCUT2D eigenvalue weighted by Crippen LogP contribution is 2.40. The van der Waals surface area contributed by atoms with E-state index in [9.17, 15) is 32.7 Å². The van der Waals surface area contributed by atoms with Crippen LogP contribution in [0.25, 0.3) is 11.1 Å². The summed E-state index contributed by atoms with van der Waals surface area (Å²) in [5.41, 5.74) is -1.16. The molecule has 0 spiro atoms. The summed E-state index contributed by atoms with van der Waals surface area (Å²) in [6.07, 6.45) is -5.01. The van der Waals surface area contributed by atoms with Crippen LogP contribution in [0.5, 0.6) is 11.5 Å². The fourth-order valence-corrected chi connectivity index (χ4v) is 5.53. The first-order valence-electron chi connectivity index (χ1n) is 13.9. The molecule has 2 N–H and O–H groups in total. The zero-order chi connectivity index (χ0) is 33.5. The molecule has 1 aliphatic heterocycles. The number of amides is 1. The number of alkyl halides is 3. The molecule has 8 nitrogen and oxygen atoms in total. The van der Waals surface area contributed by atoms with Crippen molar-refractivity contribution in [1.82, 2.24) is 9.88 Å². The minimum atomic E-state index is -4.88. The highest BCUT2D eigenvalue weighted by molar-refractivity contribution is 5.85. The molecule has 0 aliphatic carbocycles. The Morgan fingerprint density at radius 1 is 1.02 bits per heavy atom. The fraction of sp³-hybridized carbons (Fsp3) is 0.242. The number of pyridine rings is 1. The van der Waals surface area contributed by atoms with Crippen molar-refractivity contribution in [3.05, 3.63) is 116 Å². The molecule has 13 heteroatoms. The summed E-state index contributed by atoms with van der Waals surface area (Å²) in [4.78, 5) is 38.9. The summed E-state index contributed by atoms with van der Waals surface area (Å²) in [5.74, 6) is -3.66. The molecule has 1 amide bonds. The molecule has 0 unspecified atom stereocenters.